The minimum Gasteiger partial charge on any atom is -0.379 e. The molecule has 96 valence electrons. The molecule has 1 N–H and O–H groups in total. The van der Waals surface area contributed by atoms with Crippen LogP contribution in [0.25, 0.3) is 0 Å². The molecule has 0 aliphatic carbocycles. The van der Waals surface area contributed by atoms with E-state index >= 15 is 0 Å². The highest BCUT2D eigenvalue weighted by Crippen LogP contribution is 2.25. The van der Waals surface area contributed by atoms with Gasteiger partial charge in [0.15, 0.2) is 0 Å². The summed E-state index contributed by atoms with van der Waals surface area (Å²) in [6.07, 6.45) is 1.69. The molecule has 0 bridgehead atoms. The minimum absolute atomic E-state index is 0.114. The summed E-state index contributed by atoms with van der Waals surface area (Å²) < 4.78 is 0. The van der Waals surface area contributed by atoms with Crippen molar-refractivity contribution in [2.45, 2.75) is 32.7 Å². The van der Waals surface area contributed by atoms with Crippen LogP contribution in [-0.4, -0.2) is 9.97 Å². The maximum Gasteiger partial charge on any atom is 0.131 e. The molecule has 3 nitrogen and oxygen atoms in total. The number of anilines is 1. The smallest absolute Gasteiger partial charge is 0.131 e. The second kappa shape index (κ2) is 5.24. The lowest BCUT2D eigenvalue weighted by Gasteiger charge is -2.13. The Morgan fingerprint density at radius 3 is 2.78 bits per heavy atom. The van der Waals surface area contributed by atoms with Crippen molar-refractivity contribution in [2.24, 2.45) is 0 Å². The number of aromatic nitrogens is 2. The lowest BCUT2D eigenvalue weighted by molar-refractivity contribution is 0.583. The summed E-state index contributed by atoms with van der Waals surface area (Å²) in [5, 5.41) is 7.03. The predicted molar refractivity (Wildman–Crippen MR) is 77.4 cm³/mol. The zero-order chi connectivity index (χ0) is 13.2. The summed E-state index contributed by atoms with van der Waals surface area (Å²) in [4.78, 5) is 8.57. The molecule has 0 aliphatic rings. The molecule has 5 heteroatoms. The molecule has 0 fully saturated rings. The van der Waals surface area contributed by atoms with E-state index in [9.17, 15) is 0 Å². The van der Waals surface area contributed by atoms with E-state index in [4.69, 9.17) is 11.6 Å². The third-order valence-electron chi connectivity index (χ3n) is 2.39. The average Bonchev–Trinajstić information content (AvgIpc) is 2.74. The number of thiazole rings is 1. The Morgan fingerprint density at radius 2 is 2.17 bits per heavy atom. The van der Waals surface area contributed by atoms with E-state index in [-0.39, 0.29) is 5.41 Å². The standard InChI is InChI=1S/C13H16ClN3S/c1-13(2,3)12-17-10(8-18-12)7-16-9-4-5-15-11(14)6-9/h4-6,8H,7H2,1-3H3,(H,15,16). The summed E-state index contributed by atoms with van der Waals surface area (Å²) in [7, 11) is 0. The molecule has 0 radical (unpaired) electrons. The molecule has 0 unspecified atom stereocenters. The molecule has 0 atom stereocenters. The van der Waals surface area contributed by atoms with Crippen molar-refractivity contribution >= 4 is 28.6 Å². The highest BCUT2D eigenvalue weighted by Gasteiger charge is 2.17. The van der Waals surface area contributed by atoms with Crippen molar-refractivity contribution in [2.75, 3.05) is 5.32 Å². The SMILES string of the molecule is CC(C)(C)c1nc(CNc2ccnc(Cl)c2)cs1. The Labute approximate surface area is 116 Å². The van der Waals surface area contributed by atoms with Gasteiger partial charge in [-0.15, -0.1) is 11.3 Å². The fourth-order valence-corrected chi connectivity index (χ4v) is 2.52. The first-order chi connectivity index (χ1) is 8.45. The third-order valence-corrected chi connectivity index (χ3v) is 3.92. The van der Waals surface area contributed by atoms with Crippen LogP contribution in [0.5, 0.6) is 0 Å². The van der Waals surface area contributed by atoms with Crippen LogP contribution in [0.4, 0.5) is 5.69 Å². The number of halogens is 1. The van der Waals surface area contributed by atoms with Gasteiger partial charge in [0, 0.05) is 22.7 Å². The average molecular weight is 282 g/mol. The fraction of sp³-hybridized carbons (Fsp3) is 0.385. The lowest BCUT2D eigenvalue weighted by atomic mass is 9.98. The monoisotopic (exact) mass is 281 g/mol. The first kappa shape index (κ1) is 13.3. The Bertz CT molecular complexity index is 531. The molecule has 2 heterocycles. The van der Waals surface area contributed by atoms with Gasteiger partial charge in [-0.1, -0.05) is 32.4 Å². The summed E-state index contributed by atoms with van der Waals surface area (Å²) in [6.45, 7) is 7.22. The number of rotatable bonds is 3. The zero-order valence-electron chi connectivity index (χ0n) is 10.7. The van der Waals surface area contributed by atoms with E-state index in [1.165, 1.54) is 0 Å². The predicted octanol–water partition coefficient (Wildman–Crippen LogP) is 4.10. The molecule has 0 saturated heterocycles. The van der Waals surface area contributed by atoms with Crippen LogP contribution in [0.2, 0.25) is 5.15 Å². The van der Waals surface area contributed by atoms with E-state index in [2.05, 4.69) is 41.4 Å². The normalized spacial score (nSPS) is 11.6. The van der Waals surface area contributed by atoms with Gasteiger partial charge < -0.3 is 5.32 Å². The molecule has 2 aromatic rings. The maximum atomic E-state index is 5.83. The van der Waals surface area contributed by atoms with Gasteiger partial charge in [-0.3, -0.25) is 0 Å². The Hall–Kier alpha value is -1.13. The van der Waals surface area contributed by atoms with Crippen LogP contribution >= 0.6 is 22.9 Å². The summed E-state index contributed by atoms with van der Waals surface area (Å²) in [5.41, 5.74) is 2.13. The number of nitrogens with one attached hydrogen (secondary N) is 1. The van der Waals surface area contributed by atoms with Gasteiger partial charge in [-0.05, 0) is 12.1 Å². The highest BCUT2D eigenvalue weighted by atomic mass is 35.5. The van der Waals surface area contributed by atoms with Crippen LogP contribution in [0.15, 0.2) is 23.7 Å². The van der Waals surface area contributed by atoms with Crippen LogP contribution in [0, 0.1) is 0 Å². The van der Waals surface area contributed by atoms with Crippen LogP contribution in [0.3, 0.4) is 0 Å². The first-order valence-electron chi connectivity index (χ1n) is 5.75. The van der Waals surface area contributed by atoms with E-state index in [0.717, 1.165) is 16.4 Å². The number of hydrogen-bond donors (Lipinski definition) is 1. The third kappa shape index (κ3) is 3.43. The van der Waals surface area contributed by atoms with Crippen molar-refractivity contribution in [1.29, 1.82) is 0 Å². The van der Waals surface area contributed by atoms with Gasteiger partial charge in [-0.25, -0.2) is 9.97 Å². The number of hydrogen-bond acceptors (Lipinski definition) is 4. The zero-order valence-corrected chi connectivity index (χ0v) is 12.3. The second-order valence-corrected chi connectivity index (χ2v) is 6.36. The van der Waals surface area contributed by atoms with Gasteiger partial charge in [0.25, 0.3) is 0 Å². The van der Waals surface area contributed by atoms with Gasteiger partial charge >= 0.3 is 0 Å². The van der Waals surface area contributed by atoms with Gasteiger partial charge in [0.2, 0.25) is 0 Å². The Morgan fingerprint density at radius 1 is 1.39 bits per heavy atom. The topological polar surface area (TPSA) is 37.8 Å². The molecule has 0 aliphatic heterocycles. The summed E-state index contributed by atoms with van der Waals surface area (Å²) in [5.74, 6) is 0. The molecule has 0 aromatic carbocycles. The first-order valence-corrected chi connectivity index (χ1v) is 7.01. The van der Waals surface area contributed by atoms with Gasteiger partial charge in [0.1, 0.15) is 5.15 Å². The Kier molecular flexibility index (Phi) is 3.88. The van der Waals surface area contributed by atoms with Crippen molar-refractivity contribution in [1.82, 2.24) is 9.97 Å². The highest BCUT2D eigenvalue weighted by molar-refractivity contribution is 7.09. The van der Waals surface area contributed by atoms with E-state index in [0.29, 0.717) is 11.7 Å². The number of pyridine rings is 1. The van der Waals surface area contributed by atoms with Crippen LogP contribution in [-0.2, 0) is 12.0 Å². The largest absolute Gasteiger partial charge is 0.379 e. The Balaban J connectivity index is 2.01. The molecule has 18 heavy (non-hydrogen) atoms. The second-order valence-electron chi connectivity index (χ2n) is 5.11. The van der Waals surface area contributed by atoms with Crippen molar-refractivity contribution < 1.29 is 0 Å². The van der Waals surface area contributed by atoms with E-state index in [1.54, 1.807) is 23.6 Å². The molecule has 0 spiro atoms. The van der Waals surface area contributed by atoms with Gasteiger partial charge in [0.05, 0.1) is 17.2 Å². The van der Waals surface area contributed by atoms with Gasteiger partial charge in [-0.2, -0.15) is 0 Å². The molecule has 0 amide bonds. The molecule has 0 saturated carbocycles. The molecule has 2 rings (SSSR count). The fourth-order valence-electron chi connectivity index (χ4n) is 1.44. The van der Waals surface area contributed by atoms with Crippen LogP contribution < -0.4 is 5.32 Å². The summed E-state index contributed by atoms with van der Waals surface area (Å²) in [6, 6.07) is 3.70. The van der Waals surface area contributed by atoms with Crippen molar-refractivity contribution in [3.63, 3.8) is 0 Å². The summed E-state index contributed by atoms with van der Waals surface area (Å²) >= 11 is 7.53. The van der Waals surface area contributed by atoms with E-state index in [1.807, 2.05) is 6.07 Å². The quantitative estimate of drug-likeness (QED) is 0.861. The minimum atomic E-state index is 0.114. The maximum absolute atomic E-state index is 5.83. The number of nitrogens with zero attached hydrogens (tertiary/aromatic N) is 2. The lowest BCUT2D eigenvalue weighted by Crippen LogP contribution is -2.11. The van der Waals surface area contributed by atoms with Crippen molar-refractivity contribution in [3.05, 3.63) is 39.6 Å². The van der Waals surface area contributed by atoms with Crippen molar-refractivity contribution in [3.8, 4) is 0 Å². The van der Waals surface area contributed by atoms with Crippen LogP contribution in [0.1, 0.15) is 31.5 Å². The molecule has 2 aromatic heterocycles. The van der Waals surface area contributed by atoms with E-state index < -0.39 is 0 Å². The molecular weight excluding hydrogens is 266 g/mol. The molecular formula is C13H16ClN3S.